The number of nitrogens with one attached hydrogen (secondary N) is 1. The normalized spacial score (nSPS) is 20.7. The first kappa shape index (κ1) is 12.6. The van der Waals surface area contributed by atoms with E-state index in [1.807, 2.05) is 11.7 Å². The summed E-state index contributed by atoms with van der Waals surface area (Å²) in [5, 5.41) is 8.05. The van der Waals surface area contributed by atoms with E-state index in [0.717, 1.165) is 12.2 Å². The largest absolute Gasteiger partial charge is 0.310 e. The van der Waals surface area contributed by atoms with Crippen molar-refractivity contribution in [2.75, 3.05) is 0 Å². The molecule has 1 aliphatic carbocycles. The average Bonchev–Trinajstić information content (AvgIpc) is 2.56. The molecule has 1 N–H and O–H groups in total. The van der Waals surface area contributed by atoms with E-state index in [9.17, 15) is 0 Å². The molecule has 0 aliphatic heterocycles. The quantitative estimate of drug-likeness (QED) is 0.873. The molecule has 1 aromatic rings. The Morgan fingerprint density at radius 1 is 1.41 bits per heavy atom. The van der Waals surface area contributed by atoms with E-state index in [0.29, 0.717) is 11.5 Å². The van der Waals surface area contributed by atoms with Gasteiger partial charge in [0.25, 0.3) is 0 Å². The Labute approximate surface area is 105 Å². The van der Waals surface area contributed by atoms with Gasteiger partial charge in [-0.05, 0) is 38.0 Å². The molecule has 0 atom stereocenters. The van der Waals surface area contributed by atoms with Gasteiger partial charge >= 0.3 is 0 Å². The van der Waals surface area contributed by atoms with Crippen LogP contribution in [0.5, 0.6) is 0 Å². The predicted octanol–water partition coefficient (Wildman–Crippen LogP) is 2.79. The number of hydrogen-bond donors (Lipinski definition) is 1. The Bertz CT molecular complexity index is 369. The molecule has 1 saturated carbocycles. The highest BCUT2D eigenvalue weighted by molar-refractivity contribution is 5.14. The van der Waals surface area contributed by atoms with E-state index >= 15 is 0 Å². The Hall–Kier alpha value is -0.830. The smallest absolute Gasteiger partial charge is 0.0638 e. The number of aromatic nitrogens is 2. The predicted molar refractivity (Wildman–Crippen MR) is 70.8 cm³/mol. The number of nitrogens with zero attached hydrogens (tertiary/aromatic N) is 2. The van der Waals surface area contributed by atoms with Gasteiger partial charge in [-0.3, -0.25) is 4.68 Å². The Morgan fingerprint density at radius 2 is 2.06 bits per heavy atom. The molecule has 17 heavy (non-hydrogen) atoms. The molecule has 1 aromatic heterocycles. The second-order valence-corrected chi connectivity index (χ2v) is 6.23. The minimum atomic E-state index is 0.558. The van der Waals surface area contributed by atoms with Crippen LogP contribution >= 0.6 is 0 Å². The molecular weight excluding hydrogens is 210 g/mol. The Kier molecular flexibility index (Phi) is 3.57. The van der Waals surface area contributed by atoms with Crippen molar-refractivity contribution < 1.29 is 0 Å². The van der Waals surface area contributed by atoms with E-state index in [4.69, 9.17) is 0 Å². The van der Waals surface area contributed by atoms with E-state index < -0.39 is 0 Å². The standard InChI is InChI=1S/C14H25N3/c1-11-12(10-17(4)16-11)9-15-13-5-7-14(2,3)8-6-13/h10,13,15H,5-9H2,1-4H3. The summed E-state index contributed by atoms with van der Waals surface area (Å²) in [7, 11) is 1.99. The van der Waals surface area contributed by atoms with Crippen molar-refractivity contribution in [3.8, 4) is 0 Å². The molecule has 1 aliphatic rings. The van der Waals surface area contributed by atoms with Crippen molar-refractivity contribution in [1.82, 2.24) is 15.1 Å². The molecule has 3 nitrogen and oxygen atoms in total. The van der Waals surface area contributed by atoms with Gasteiger partial charge < -0.3 is 5.32 Å². The molecular formula is C14H25N3. The van der Waals surface area contributed by atoms with E-state index in [2.05, 4.69) is 37.4 Å². The summed E-state index contributed by atoms with van der Waals surface area (Å²) in [6.45, 7) is 7.81. The third-order valence-corrected chi connectivity index (χ3v) is 4.04. The summed E-state index contributed by atoms with van der Waals surface area (Å²) >= 11 is 0. The van der Waals surface area contributed by atoms with Crippen LogP contribution in [0.1, 0.15) is 50.8 Å². The lowest BCUT2D eigenvalue weighted by atomic mass is 9.75. The van der Waals surface area contributed by atoms with E-state index in [1.54, 1.807) is 0 Å². The van der Waals surface area contributed by atoms with Gasteiger partial charge in [-0.1, -0.05) is 13.8 Å². The summed E-state index contributed by atoms with van der Waals surface area (Å²) in [5.41, 5.74) is 3.04. The maximum Gasteiger partial charge on any atom is 0.0638 e. The van der Waals surface area contributed by atoms with Crippen LogP contribution in [0.25, 0.3) is 0 Å². The van der Waals surface area contributed by atoms with Crippen molar-refractivity contribution >= 4 is 0 Å². The fourth-order valence-corrected chi connectivity index (χ4v) is 2.68. The van der Waals surface area contributed by atoms with Crippen molar-refractivity contribution in [2.45, 2.75) is 59.0 Å². The fourth-order valence-electron chi connectivity index (χ4n) is 2.68. The molecule has 0 spiro atoms. The summed E-state index contributed by atoms with van der Waals surface area (Å²) in [6.07, 6.45) is 7.43. The van der Waals surface area contributed by atoms with Crippen molar-refractivity contribution in [3.63, 3.8) is 0 Å². The molecule has 1 heterocycles. The molecule has 0 saturated heterocycles. The van der Waals surface area contributed by atoms with Crippen molar-refractivity contribution in [2.24, 2.45) is 12.5 Å². The maximum atomic E-state index is 4.37. The van der Waals surface area contributed by atoms with Gasteiger partial charge in [0, 0.05) is 31.4 Å². The van der Waals surface area contributed by atoms with Crippen molar-refractivity contribution in [1.29, 1.82) is 0 Å². The number of hydrogen-bond acceptors (Lipinski definition) is 2. The molecule has 1 fully saturated rings. The lowest BCUT2D eigenvalue weighted by Gasteiger charge is -2.34. The number of aryl methyl sites for hydroxylation is 2. The topological polar surface area (TPSA) is 29.9 Å². The number of rotatable bonds is 3. The lowest BCUT2D eigenvalue weighted by Crippen LogP contribution is -2.35. The second-order valence-electron chi connectivity index (χ2n) is 6.23. The molecule has 0 aromatic carbocycles. The van der Waals surface area contributed by atoms with Crippen molar-refractivity contribution in [3.05, 3.63) is 17.5 Å². The van der Waals surface area contributed by atoms with Crippen LogP contribution in [0.3, 0.4) is 0 Å². The lowest BCUT2D eigenvalue weighted by molar-refractivity contribution is 0.206. The zero-order valence-electron chi connectivity index (χ0n) is 11.6. The van der Waals surface area contributed by atoms with E-state index in [1.165, 1.54) is 31.2 Å². The molecule has 2 rings (SSSR count). The van der Waals surface area contributed by atoms with Gasteiger partial charge in [0.1, 0.15) is 0 Å². The molecule has 3 heteroatoms. The molecule has 0 radical (unpaired) electrons. The maximum absolute atomic E-state index is 4.37. The monoisotopic (exact) mass is 235 g/mol. The third-order valence-electron chi connectivity index (χ3n) is 4.04. The fraction of sp³-hybridized carbons (Fsp3) is 0.786. The summed E-state index contributed by atoms with van der Waals surface area (Å²) < 4.78 is 1.90. The van der Waals surface area contributed by atoms with Crippen LogP contribution in [-0.4, -0.2) is 15.8 Å². The average molecular weight is 235 g/mol. The van der Waals surface area contributed by atoms with Gasteiger partial charge in [0.2, 0.25) is 0 Å². The van der Waals surface area contributed by atoms with Gasteiger partial charge in [-0.15, -0.1) is 0 Å². The van der Waals surface area contributed by atoms with Crippen LogP contribution < -0.4 is 5.32 Å². The van der Waals surface area contributed by atoms with Crippen LogP contribution in [0.4, 0.5) is 0 Å². The summed E-state index contributed by atoms with van der Waals surface area (Å²) in [6, 6.07) is 0.697. The summed E-state index contributed by atoms with van der Waals surface area (Å²) in [5.74, 6) is 0. The zero-order valence-corrected chi connectivity index (χ0v) is 11.6. The highest BCUT2D eigenvalue weighted by Crippen LogP contribution is 2.35. The minimum Gasteiger partial charge on any atom is -0.310 e. The van der Waals surface area contributed by atoms with E-state index in [-0.39, 0.29) is 0 Å². The van der Waals surface area contributed by atoms with Crippen LogP contribution in [0, 0.1) is 12.3 Å². The first-order valence-corrected chi connectivity index (χ1v) is 6.69. The third kappa shape index (κ3) is 3.32. The minimum absolute atomic E-state index is 0.558. The second kappa shape index (κ2) is 4.81. The first-order valence-electron chi connectivity index (χ1n) is 6.69. The Morgan fingerprint density at radius 3 is 2.59 bits per heavy atom. The van der Waals surface area contributed by atoms with Crippen LogP contribution in [-0.2, 0) is 13.6 Å². The zero-order chi connectivity index (χ0) is 12.5. The van der Waals surface area contributed by atoms with Gasteiger partial charge in [0.15, 0.2) is 0 Å². The molecule has 0 bridgehead atoms. The SMILES string of the molecule is Cc1nn(C)cc1CNC1CCC(C)(C)CC1. The molecule has 96 valence electrons. The molecule has 0 amide bonds. The van der Waals surface area contributed by atoms with Gasteiger partial charge in [-0.25, -0.2) is 0 Å². The highest BCUT2D eigenvalue weighted by atomic mass is 15.2. The Balaban J connectivity index is 1.82. The molecule has 0 unspecified atom stereocenters. The first-order chi connectivity index (χ1) is 7.96. The summed E-state index contributed by atoms with van der Waals surface area (Å²) in [4.78, 5) is 0. The highest BCUT2D eigenvalue weighted by Gasteiger charge is 2.26. The van der Waals surface area contributed by atoms with Gasteiger partial charge in [0.05, 0.1) is 5.69 Å². The van der Waals surface area contributed by atoms with Crippen LogP contribution in [0.15, 0.2) is 6.20 Å². The van der Waals surface area contributed by atoms with Crippen LogP contribution in [0.2, 0.25) is 0 Å². The van der Waals surface area contributed by atoms with Gasteiger partial charge in [-0.2, -0.15) is 5.10 Å².